The van der Waals surface area contributed by atoms with Crippen LogP contribution in [0.1, 0.15) is 31.4 Å². The Morgan fingerprint density at radius 3 is 2.50 bits per heavy atom. The van der Waals surface area contributed by atoms with Gasteiger partial charge in [0, 0.05) is 37.2 Å². The molecule has 0 unspecified atom stereocenters. The first-order valence-electron chi connectivity index (χ1n) is 7.58. The molecule has 1 saturated heterocycles. The number of halogens is 1. The average molecular weight is 339 g/mol. The molecule has 1 aliphatic heterocycles. The van der Waals surface area contributed by atoms with Crippen molar-refractivity contribution in [2.45, 2.75) is 25.9 Å². The Morgan fingerprint density at radius 1 is 1.25 bits per heavy atom. The average Bonchev–Trinajstić information content (AvgIpc) is 3.24. The van der Waals surface area contributed by atoms with Crippen molar-refractivity contribution in [1.82, 2.24) is 4.90 Å². The van der Waals surface area contributed by atoms with Gasteiger partial charge in [-0.2, -0.15) is 0 Å². The van der Waals surface area contributed by atoms with E-state index in [1.165, 1.54) is 38.2 Å². The minimum Gasteiger partial charge on any atom is -0.389 e. The van der Waals surface area contributed by atoms with Crippen molar-refractivity contribution in [1.29, 1.82) is 0 Å². The van der Waals surface area contributed by atoms with E-state index in [2.05, 4.69) is 31.8 Å². The molecule has 0 spiro atoms. The number of anilines is 1. The molecule has 1 atom stereocenters. The molecular weight excluding hydrogens is 316 g/mol. The van der Waals surface area contributed by atoms with Crippen molar-refractivity contribution >= 4 is 21.6 Å². The lowest BCUT2D eigenvalue weighted by Crippen LogP contribution is -2.47. The third-order valence-electron chi connectivity index (χ3n) is 4.38. The molecule has 4 heteroatoms. The highest BCUT2D eigenvalue weighted by atomic mass is 79.9. The van der Waals surface area contributed by atoms with Crippen LogP contribution in [0.15, 0.2) is 22.7 Å². The summed E-state index contributed by atoms with van der Waals surface area (Å²) < 4.78 is 1.09. The normalized spacial score (nSPS) is 22.1. The molecule has 0 bridgehead atoms. The summed E-state index contributed by atoms with van der Waals surface area (Å²) >= 11 is 3.65. The van der Waals surface area contributed by atoms with Crippen molar-refractivity contribution in [2.75, 3.05) is 37.6 Å². The molecule has 1 aromatic rings. The number of hydrogen-bond acceptors (Lipinski definition) is 3. The SMILES string of the molecule is C[C@H](O)c1ccc(N2CCN(CC3CC3)CC2)c(Br)c1. The van der Waals surface area contributed by atoms with Crippen molar-refractivity contribution in [2.24, 2.45) is 5.92 Å². The maximum atomic E-state index is 9.63. The smallest absolute Gasteiger partial charge is 0.0762 e. The fourth-order valence-electron chi connectivity index (χ4n) is 2.88. The minimum atomic E-state index is -0.407. The maximum absolute atomic E-state index is 9.63. The summed E-state index contributed by atoms with van der Waals surface area (Å²) in [5, 5.41) is 9.63. The Morgan fingerprint density at radius 2 is 1.95 bits per heavy atom. The van der Waals surface area contributed by atoms with Gasteiger partial charge in [-0.05, 0) is 59.3 Å². The lowest BCUT2D eigenvalue weighted by molar-refractivity contribution is 0.199. The van der Waals surface area contributed by atoms with Gasteiger partial charge in [-0.25, -0.2) is 0 Å². The Balaban J connectivity index is 1.62. The van der Waals surface area contributed by atoms with E-state index in [0.29, 0.717) is 0 Å². The highest BCUT2D eigenvalue weighted by Crippen LogP contribution is 2.32. The second-order valence-corrected chi connectivity index (χ2v) is 6.97. The van der Waals surface area contributed by atoms with Crippen LogP contribution < -0.4 is 4.90 Å². The Labute approximate surface area is 129 Å². The molecule has 1 aliphatic carbocycles. The van der Waals surface area contributed by atoms with Crippen molar-refractivity contribution in [3.05, 3.63) is 28.2 Å². The molecule has 1 heterocycles. The van der Waals surface area contributed by atoms with E-state index in [-0.39, 0.29) is 0 Å². The lowest BCUT2D eigenvalue weighted by atomic mass is 10.1. The summed E-state index contributed by atoms with van der Waals surface area (Å²) in [6.45, 7) is 7.63. The van der Waals surface area contributed by atoms with Gasteiger partial charge in [-0.15, -0.1) is 0 Å². The Kier molecular flexibility index (Phi) is 4.34. The van der Waals surface area contributed by atoms with Crippen LogP contribution in [-0.4, -0.2) is 42.7 Å². The summed E-state index contributed by atoms with van der Waals surface area (Å²) in [5.74, 6) is 0.985. The fourth-order valence-corrected chi connectivity index (χ4v) is 3.52. The van der Waals surface area contributed by atoms with Crippen LogP contribution in [0, 0.1) is 5.92 Å². The Hall–Kier alpha value is -0.580. The predicted molar refractivity (Wildman–Crippen MR) is 86.2 cm³/mol. The standard InChI is InChI=1S/C16H23BrN2O/c1-12(20)14-4-5-16(15(17)10-14)19-8-6-18(7-9-19)11-13-2-3-13/h4-5,10,12-13,20H,2-3,6-9,11H2,1H3/t12-/m0/s1. The molecule has 0 amide bonds. The van der Waals surface area contributed by atoms with E-state index in [1.807, 2.05) is 12.1 Å². The molecule has 1 saturated carbocycles. The molecule has 2 aliphatic rings. The first-order valence-corrected chi connectivity index (χ1v) is 8.37. The molecule has 3 rings (SSSR count). The lowest BCUT2D eigenvalue weighted by Gasteiger charge is -2.36. The third kappa shape index (κ3) is 3.35. The van der Waals surface area contributed by atoms with Gasteiger partial charge >= 0.3 is 0 Å². The fraction of sp³-hybridized carbons (Fsp3) is 0.625. The van der Waals surface area contributed by atoms with Crippen LogP contribution >= 0.6 is 15.9 Å². The van der Waals surface area contributed by atoms with Crippen LogP contribution in [0.2, 0.25) is 0 Å². The number of benzene rings is 1. The molecule has 110 valence electrons. The van der Waals surface area contributed by atoms with Crippen molar-refractivity contribution in [3.8, 4) is 0 Å². The zero-order valence-corrected chi connectivity index (χ0v) is 13.6. The number of hydrogen-bond donors (Lipinski definition) is 1. The highest BCUT2D eigenvalue weighted by Gasteiger charge is 2.26. The number of piperazine rings is 1. The number of rotatable bonds is 4. The monoisotopic (exact) mass is 338 g/mol. The van der Waals surface area contributed by atoms with Crippen LogP contribution in [0.4, 0.5) is 5.69 Å². The molecule has 20 heavy (non-hydrogen) atoms. The first kappa shape index (κ1) is 14.4. The summed E-state index contributed by atoms with van der Waals surface area (Å²) in [6, 6.07) is 6.20. The van der Waals surface area contributed by atoms with Gasteiger partial charge in [0.1, 0.15) is 0 Å². The summed E-state index contributed by atoms with van der Waals surface area (Å²) in [4.78, 5) is 5.05. The Bertz CT molecular complexity index is 466. The first-order chi connectivity index (χ1) is 9.63. The minimum absolute atomic E-state index is 0.407. The molecule has 0 radical (unpaired) electrons. The second kappa shape index (κ2) is 6.04. The quantitative estimate of drug-likeness (QED) is 0.913. The summed E-state index contributed by atoms with van der Waals surface area (Å²) in [5.41, 5.74) is 2.22. The molecule has 2 fully saturated rings. The van der Waals surface area contributed by atoms with E-state index < -0.39 is 6.10 Å². The highest BCUT2D eigenvalue weighted by molar-refractivity contribution is 9.10. The van der Waals surface area contributed by atoms with Crippen LogP contribution in [0.25, 0.3) is 0 Å². The summed E-state index contributed by atoms with van der Waals surface area (Å²) in [7, 11) is 0. The number of aliphatic hydroxyl groups excluding tert-OH is 1. The van der Waals surface area contributed by atoms with E-state index >= 15 is 0 Å². The van der Waals surface area contributed by atoms with Crippen molar-refractivity contribution in [3.63, 3.8) is 0 Å². The number of nitrogens with zero attached hydrogens (tertiary/aromatic N) is 2. The topological polar surface area (TPSA) is 26.7 Å². The number of aliphatic hydroxyl groups is 1. The van der Waals surface area contributed by atoms with E-state index in [4.69, 9.17) is 0 Å². The molecule has 0 aromatic heterocycles. The zero-order chi connectivity index (χ0) is 14.1. The molecule has 3 nitrogen and oxygen atoms in total. The van der Waals surface area contributed by atoms with E-state index in [9.17, 15) is 5.11 Å². The second-order valence-electron chi connectivity index (χ2n) is 6.12. The third-order valence-corrected chi connectivity index (χ3v) is 5.02. The van der Waals surface area contributed by atoms with Gasteiger partial charge in [0.05, 0.1) is 11.8 Å². The van der Waals surface area contributed by atoms with Gasteiger partial charge in [-0.1, -0.05) is 6.07 Å². The van der Waals surface area contributed by atoms with Crippen LogP contribution in [0.5, 0.6) is 0 Å². The molecular formula is C16H23BrN2O. The van der Waals surface area contributed by atoms with E-state index in [1.54, 1.807) is 6.92 Å². The van der Waals surface area contributed by atoms with Gasteiger partial charge in [-0.3, -0.25) is 4.90 Å². The largest absolute Gasteiger partial charge is 0.389 e. The van der Waals surface area contributed by atoms with Crippen LogP contribution in [0.3, 0.4) is 0 Å². The van der Waals surface area contributed by atoms with Crippen molar-refractivity contribution < 1.29 is 5.11 Å². The van der Waals surface area contributed by atoms with Crippen LogP contribution in [-0.2, 0) is 0 Å². The van der Waals surface area contributed by atoms with Gasteiger partial charge < -0.3 is 10.0 Å². The molecule has 1 aromatic carbocycles. The summed E-state index contributed by atoms with van der Waals surface area (Å²) in [6.07, 6.45) is 2.47. The zero-order valence-electron chi connectivity index (χ0n) is 12.1. The maximum Gasteiger partial charge on any atom is 0.0762 e. The van der Waals surface area contributed by atoms with Gasteiger partial charge in [0.15, 0.2) is 0 Å². The van der Waals surface area contributed by atoms with E-state index in [0.717, 1.165) is 29.0 Å². The van der Waals surface area contributed by atoms with Gasteiger partial charge in [0.2, 0.25) is 0 Å². The molecule has 1 N–H and O–H groups in total. The van der Waals surface area contributed by atoms with Gasteiger partial charge in [0.25, 0.3) is 0 Å². The predicted octanol–water partition coefficient (Wildman–Crippen LogP) is 3.03.